The van der Waals surface area contributed by atoms with Crippen LogP contribution < -0.4 is 14.8 Å². The number of furan rings is 1. The average molecular weight is 458 g/mol. The van der Waals surface area contributed by atoms with E-state index >= 15 is 0 Å². The Kier molecular flexibility index (Phi) is 6.59. The number of ether oxygens (including phenoxy) is 2. The predicted molar refractivity (Wildman–Crippen MR) is 127 cm³/mol. The van der Waals surface area contributed by atoms with Gasteiger partial charge in [-0.2, -0.15) is 0 Å². The van der Waals surface area contributed by atoms with Gasteiger partial charge in [-0.05, 0) is 49.7 Å². The summed E-state index contributed by atoms with van der Waals surface area (Å²) in [5, 5.41) is 14.0. The third kappa shape index (κ3) is 5.60. The molecule has 1 amide bonds. The van der Waals surface area contributed by atoms with Crippen molar-refractivity contribution >= 4 is 17.3 Å². The molecule has 0 aliphatic heterocycles. The molecule has 0 spiro atoms. The zero-order chi connectivity index (χ0) is 24.1. The number of nitro benzene ring substituents is 1. The highest BCUT2D eigenvalue weighted by molar-refractivity contribution is 6.02. The smallest absolute Gasteiger partial charge is 0.291 e. The van der Waals surface area contributed by atoms with Crippen LogP contribution in [0.25, 0.3) is 0 Å². The number of non-ortho nitro benzene ring substituents is 1. The number of aryl methyl sites for hydroxylation is 2. The Labute approximate surface area is 195 Å². The van der Waals surface area contributed by atoms with Crippen LogP contribution in [-0.4, -0.2) is 10.8 Å². The number of anilines is 1. The molecule has 0 aliphatic rings. The molecule has 4 rings (SSSR count). The summed E-state index contributed by atoms with van der Waals surface area (Å²) in [6.45, 7) is 4.04. The summed E-state index contributed by atoms with van der Waals surface area (Å²) in [7, 11) is 0. The van der Waals surface area contributed by atoms with Crippen molar-refractivity contribution in [3.63, 3.8) is 0 Å². The second kappa shape index (κ2) is 9.91. The van der Waals surface area contributed by atoms with E-state index in [0.717, 1.165) is 16.9 Å². The SMILES string of the molecule is Cc1ccc(Oc2cc(NC(=O)c3ccc(COc4ccccc4C)o3)cc([N+](=O)[O-])c2)cc1. The minimum absolute atomic E-state index is 0.0518. The number of nitrogens with zero attached hydrogens (tertiary/aromatic N) is 1. The van der Waals surface area contributed by atoms with Crippen LogP contribution in [0.2, 0.25) is 0 Å². The first-order valence-electron chi connectivity index (χ1n) is 10.5. The fourth-order valence-electron chi connectivity index (χ4n) is 3.20. The lowest BCUT2D eigenvalue weighted by Gasteiger charge is -2.09. The fourth-order valence-corrected chi connectivity index (χ4v) is 3.20. The molecule has 34 heavy (non-hydrogen) atoms. The van der Waals surface area contributed by atoms with Crippen molar-refractivity contribution in [2.24, 2.45) is 0 Å². The molecule has 1 aromatic heterocycles. The van der Waals surface area contributed by atoms with E-state index in [1.165, 1.54) is 24.3 Å². The Balaban J connectivity index is 1.46. The maximum Gasteiger partial charge on any atom is 0.291 e. The maximum atomic E-state index is 12.7. The van der Waals surface area contributed by atoms with Crippen LogP contribution in [-0.2, 0) is 6.61 Å². The number of rotatable bonds is 8. The molecule has 0 fully saturated rings. The number of benzene rings is 3. The molecule has 1 heterocycles. The van der Waals surface area contributed by atoms with Crippen LogP contribution >= 0.6 is 0 Å². The number of para-hydroxylation sites is 1. The van der Waals surface area contributed by atoms with Gasteiger partial charge in [-0.25, -0.2) is 0 Å². The molecular weight excluding hydrogens is 436 g/mol. The zero-order valence-corrected chi connectivity index (χ0v) is 18.6. The van der Waals surface area contributed by atoms with Crippen molar-refractivity contribution in [3.8, 4) is 17.2 Å². The summed E-state index contributed by atoms with van der Waals surface area (Å²) in [5.41, 5.74) is 2.03. The largest absolute Gasteiger partial charge is 0.485 e. The van der Waals surface area contributed by atoms with Gasteiger partial charge < -0.3 is 19.2 Å². The summed E-state index contributed by atoms with van der Waals surface area (Å²) in [6, 6.07) is 22.1. The Morgan fingerprint density at radius 2 is 1.74 bits per heavy atom. The molecule has 0 atom stereocenters. The normalized spacial score (nSPS) is 10.5. The molecule has 0 aliphatic carbocycles. The number of nitro groups is 1. The molecule has 4 aromatic rings. The highest BCUT2D eigenvalue weighted by Crippen LogP contribution is 2.30. The first-order chi connectivity index (χ1) is 16.4. The Morgan fingerprint density at radius 1 is 0.971 bits per heavy atom. The molecule has 0 saturated carbocycles. The number of carbonyl (C=O) groups excluding carboxylic acids is 1. The van der Waals surface area contributed by atoms with Crippen LogP contribution in [0.3, 0.4) is 0 Å². The first-order valence-corrected chi connectivity index (χ1v) is 10.5. The lowest BCUT2D eigenvalue weighted by molar-refractivity contribution is -0.384. The van der Waals surface area contributed by atoms with Gasteiger partial charge in [0.25, 0.3) is 11.6 Å². The van der Waals surface area contributed by atoms with Gasteiger partial charge in [0.2, 0.25) is 0 Å². The van der Waals surface area contributed by atoms with Gasteiger partial charge in [0.1, 0.15) is 29.6 Å². The number of amides is 1. The van der Waals surface area contributed by atoms with E-state index in [1.54, 1.807) is 18.2 Å². The molecule has 1 N–H and O–H groups in total. The van der Waals surface area contributed by atoms with Crippen molar-refractivity contribution in [1.29, 1.82) is 0 Å². The van der Waals surface area contributed by atoms with Gasteiger partial charge >= 0.3 is 0 Å². The van der Waals surface area contributed by atoms with Crippen LogP contribution in [0, 0.1) is 24.0 Å². The molecule has 3 aromatic carbocycles. The molecular formula is C26H22N2O6. The van der Waals surface area contributed by atoms with Gasteiger partial charge in [-0.15, -0.1) is 0 Å². The maximum absolute atomic E-state index is 12.7. The quantitative estimate of drug-likeness (QED) is 0.241. The summed E-state index contributed by atoms with van der Waals surface area (Å²) in [6.07, 6.45) is 0. The highest BCUT2D eigenvalue weighted by atomic mass is 16.6. The third-order valence-corrected chi connectivity index (χ3v) is 4.97. The number of carbonyl (C=O) groups is 1. The Morgan fingerprint density at radius 3 is 2.47 bits per heavy atom. The number of hydrogen-bond acceptors (Lipinski definition) is 6. The molecule has 8 heteroatoms. The van der Waals surface area contributed by atoms with Crippen molar-refractivity contribution in [1.82, 2.24) is 0 Å². The van der Waals surface area contributed by atoms with Crippen LogP contribution in [0.1, 0.15) is 27.4 Å². The second-order valence-corrected chi connectivity index (χ2v) is 7.66. The predicted octanol–water partition coefficient (Wildman–Crippen LogP) is 6.43. The lowest BCUT2D eigenvalue weighted by Crippen LogP contribution is -2.11. The minimum Gasteiger partial charge on any atom is -0.485 e. The van der Waals surface area contributed by atoms with E-state index in [-0.39, 0.29) is 29.5 Å². The van der Waals surface area contributed by atoms with Gasteiger partial charge in [0, 0.05) is 12.1 Å². The van der Waals surface area contributed by atoms with Crippen LogP contribution in [0.5, 0.6) is 17.2 Å². The topological polar surface area (TPSA) is 104 Å². The summed E-state index contributed by atoms with van der Waals surface area (Å²) < 4.78 is 17.1. The molecule has 0 bridgehead atoms. The van der Waals surface area contributed by atoms with E-state index in [1.807, 2.05) is 50.2 Å². The lowest BCUT2D eigenvalue weighted by atomic mass is 10.2. The molecule has 172 valence electrons. The van der Waals surface area contributed by atoms with E-state index in [9.17, 15) is 14.9 Å². The molecule has 0 saturated heterocycles. The summed E-state index contributed by atoms with van der Waals surface area (Å²) in [5.74, 6) is 1.44. The van der Waals surface area contributed by atoms with E-state index in [4.69, 9.17) is 13.9 Å². The second-order valence-electron chi connectivity index (χ2n) is 7.66. The van der Waals surface area contributed by atoms with Crippen LogP contribution in [0.4, 0.5) is 11.4 Å². The monoisotopic (exact) mass is 458 g/mol. The molecule has 8 nitrogen and oxygen atoms in total. The van der Waals surface area contributed by atoms with Gasteiger partial charge in [-0.3, -0.25) is 14.9 Å². The summed E-state index contributed by atoms with van der Waals surface area (Å²) >= 11 is 0. The average Bonchev–Trinajstić information content (AvgIpc) is 3.29. The van der Waals surface area contributed by atoms with E-state index in [2.05, 4.69) is 5.32 Å². The standard InChI is InChI=1S/C26H22N2O6/c1-17-7-9-21(10-8-17)33-23-14-19(13-20(15-23)28(30)31)27-26(29)25-12-11-22(34-25)16-32-24-6-4-3-5-18(24)2/h3-15H,16H2,1-2H3,(H,27,29). The fraction of sp³-hybridized carbons (Fsp3) is 0.115. The third-order valence-electron chi connectivity index (χ3n) is 4.97. The molecule has 0 radical (unpaired) electrons. The molecule has 0 unspecified atom stereocenters. The van der Waals surface area contributed by atoms with Crippen molar-refractivity contribution in [2.75, 3.05) is 5.32 Å². The minimum atomic E-state index is -0.552. The Bertz CT molecular complexity index is 1330. The zero-order valence-electron chi connectivity index (χ0n) is 18.6. The highest BCUT2D eigenvalue weighted by Gasteiger charge is 2.16. The van der Waals surface area contributed by atoms with E-state index in [0.29, 0.717) is 11.5 Å². The van der Waals surface area contributed by atoms with Gasteiger partial charge in [0.15, 0.2) is 5.76 Å². The van der Waals surface area contributed by atoms with Crippen molar-refractivity contribution < 1.29 is 23.6 Å². The van der Waals surface area contributed by atoms with Crippen LogP contribution in [0.15, 0.2) is 83.3 Å². The first kappa shape index (κ1) is 22.6. The summed E-state index contributed by atoms with van der Waals surface area (Å²) in [4.78, 5) is 23.5. The van der Waals surface area contributed by atoms with Gasteiger partial charge in [-0.1, -0.05) is 35.9 Å². The Hall–Kier alpha value is -4.59. The number of nitrogens with one attached hydrogen (secondary N) is 1. The van der Waals surface area contributed by atoms with E-state index < -0.39 is 10.8 Å². The van der Waals surface area contributed by atoms with Crippen molar-refractivity contribution in [3.05, 3.63) is 112 Å². The van der Waals surface area contributed by atoms with Gasteiger partial charge in [0.05, 0.1) is 16.7 Å². The van der Waals surface area contributed by atoms with Crippen molar-refractivity contribution in [2.45, 2.75) is 20.5 Å². The number of hydrogen-bond donors (Lipinski definition) is 1.